The van der Waals surface area contributed by atoms with Gasteiger partial charge in [0.15, 0.2) is 0 Å². The average molecular weight is 738 g/mol. The Morgan fingerprint density at radius 2 is 0.674 bits per heavy atom. The molecular weight excluding hydrogens is 659 g/mol. The van der Waals surface area contributed by atoms with Gasteiger partial charge in [0, 0.05) is 103 Å². The first kappa shape index (κ1) is 64.5. The summed E-state index contributed by atoms with van der Waals surface area (Å²) in [5, 5.41) is 35.0. The van der Waals surface area contributed by atoms with Crippen LogP contribution in [-0.4, -0.2) is 162 Å². The van der Waals surface area contributed by atoms with Crippen molar-refractivity contribution in [1.29, 1.82) is 0 Å². The van der Waals surface area contributed by atoms with E-state index >= 15 is 0 Å². The van der Waals surface area contributed by atoms with Gasteiger partial charge in [-0.2, -0.15) is 0 Å². The highest BCUT2D eigenvalue weighted by Gasteiger charge is 2.39. The lowest BCUT2D eigenvalue weighted by Crippen LogP contribution is -2.46. The first-order valence-electron chi connectivity index (χ1n) is 15.3. The third kappa shape index (κ3) is 44.0. The smallest absolute Gasteiger partial charge is 0.400 e. The van der Waals surface area contributed by atoms with Crippen LogP contribution in [0.4, 0.5) is 0 Å². The van der Waals surface area contributed by atoms with Crippen molar-refractivity contribution in [2.24, 2.45) is 17.2 Å². The summed E-state index contributed by atoms with van der Waals surface area (Å²) < 4.78 is 43.4. The SMILES string of the molecule is CCO[Si](C)(CCCN)OC.CCO[Si](CCCN)(OCC)OCC.CO.CO.CO.CO.CO.CO[Si](CCCN)(OC)OC. The lowest BCUT2D eigenvalue weighted by molar-refractivity contribution is 0.0709. The fourth-order valence-electron chi connectivity index (χ4n) is 3.16. The summed E-state index contributed by atoms with van der Waals surface area (Å²) in [5.74, 6) is 0. The lowest BCUT2D eigenvalue weighted by Gasteiger charge is -2.28. The normalized spacial score (nSPS) is 11.1. The van der Waals surface area contributed by atoms with E-state index < -0.39 is 26.2 Å². The summed E-state index contributed by atoms with van der Waals surface area (Å²) in [6.45, 7) is 14.6. The monoisotopic (exact) mass is 737 g/mol. The van der Waals surface area contributed by atoms with Crippen LogP contribution in [0.5, 0.6) is 0 Å². The molecule has 0 aliphatic rings. The van der Waals surface area contributed by atoms with Crippen molar-refractivity contribution in [1.82, 2.24) is 0 Å². The van der Waals surface area contributed by atoms with Gasteiger partial charge in [0.05, 0.1) is 0 Å². The molecule has 16 nitrogen and oxygen atoms in total. The minimum absolute atomic E-state index is 0.636. The van der Waals surface area contributed by atoms with E-state index in [2.05, 4.69) is 6.55 Å². The maximum atomic E-state index is 7.00. The fraction of sp³-hybridized carbons (Fsp3) is 1.00. The first-order valence-corrected chi connectivity index (χ1v) is 21.7. The zero-order valence-electron chi connectivity index (χ0n) is 31.9. The second kappa shape index (κ2) is 57.3. The van der Waals surface area contributed by atoms with Crippen LogP contribution >= 0.6 is 0 Å². The van der Waals surface area contributed by atoms with Gasteiger partial charge in [-0.1, -0.05) is 0 Å². The molecule has 0 spiro atoms. The molecule has 0 radical (unpaired) electrons. The van der Waals surface area contributed by atoms with Crippen molar-refractivity contribution in [3.8, 4) is 0 Å². The molecule has 46 heavy (non-hydrogen) atoms. The molecule has 0 aliphatic carbocycles. The number of nitrogens with two attached hydrogens (primary N) is 3. The summed E-state index contributed by atoms with van der Waals surface area (Å²) >= 11 is 0. The predicted octanol–water partition coefficient (Wildman–Crippen LogP) is 0.730. The van der Waals surface area contributed by atoms with Crippen LogP contribution in [0.2, 0.25) is 24.7 Å². The fourth-order valence-corrected chi connectivity index (χ4v) is 9.47. The topological polar surface area (TPSA) is 253 Å². The van der Waals surface area contributed by atoms with Crippen molar-refractivity contribution >= 4 is 26.2 Å². The minimum atomic E-state index is -2.40. The first-order chi connectivity index (χ1) is 22.2. The summed E-state index contributed by atoms with van der Waals surface area (Å²) in [6.07, 6.45) is 2.77. The van der Waals surface area contributed by atoms with Gasteiger partial charge in [0.2, 0.25) is 0 Å². The Labute approximate surface area is 285 Å². The summed E-state index contributed by atoms with van der Waals surface area (Å²) in [6, 6.07) is 2.60. The average Bonchev–Trinajstić information content (AvgIpc) is 3.13. The Hall–Kier alpha value is 0.0106. The molecule has 0 aliphatic heterocycles. The van der Waals surface area contributed by atoms with Gasteiger partial charge in [-0.05, 0) is 79.2 Å². The van der Waals surface area contributed by atoms with Crippen LogP contribution in [0.15, 0.2) is 0 Å². The molecule has 0 heterocycles. The number of rotatable bonds is 21. The number of aliphatic hydroxyl groups is 5. The summed E-state index contributed by atoms with van der Waals surface area (Å²) in [7, 11) is 5.00. The Morgan fingerprint density at radius 1 is 0.413 bits per heavy atom. The molecule has 0 saturated heterocycles. The van der Waals surface area contributed by atoms with Crippen molar-refractivity contribution in [2.45, 2.75) is 71.6 Å². The quantitative estimate of drug-likeness (QED) is 0.0756. The third-order valence-electron chi connectivity index (χ3n) is 5.12. The van der Waals surface area contributed by atoms with E-state index in [1.165, 1.54) is 0 Å². The van der Waals surface area contributed by atoms with Crippen LogP contribution in [0.3, 0.4) is 0 Å². The predicted molar refractivity (Wildman–Crippen MR) is 194 cm³/mol. The van der Waals surface area contributed by atoms with Crippen molar-refractivity contribution in [3.63, 3.8) is 0 Å². The third-order valence-corrected chi connectivity index (χ3v) is 14.1. The van der Waals surface area contributed by atoms with Crippen LogP contribution in [0.1, 0.15) is 47.0 Å². The van der Waals surface area contributed by atoms with E-state index in [9.17, 15) is 0 Å². The lowest BCUT2D eigenvalue weighted by atomic mass is 10.5. The van der Waals surface area contributed by atoms with Gasteiger partial charge >= 0.3 is 26.2 Å². The number of hydrogen-bond donors (Lipinski definition) is 8. The molecule has 0 saturated carbocycles. The molecule has 0 aromatic heterocycles. The molecule has 0 amide bonds. The molecule has 0 aromatic carbocycles. The standard InChI is InChI=1S/C9H23NO3Si.C7H19NO2Si.C6H17NO3Si.5CH4O/c1-4-11-14(12-5-2,13-6-3)9-7-8-10;1-4-10-11(3,9-2)7-5-6-8;1-8-11(9-2,10-3)6-4-5-7;5*1-2/h4-10H2,1-3H3;4-8H2,1-3H3;4-7H2,1-3H3;5*2H,1H3. The maximum absolute atomic E-state index is 7.00. The molecule has 292 valence electrons. The second-order valence-electron chi connectivity index (χ2n) is 7.73. The molecule has 19 heteroatoms. The summed E-state index contributed by atoms with van der Waals surface area (Å²) in [4.78, 5) is 0. The van der Waals surface area contributed by atoms with Gasteiger partial charge in [0.25, 0.3) is 0 Å². The highest BCUT2D eigenvalue weighted by Crippen LogP contribution is 2.17. The van der Waals surface area contributed by atoms with Crippen LogP contribution in [0.25, 0.3) is 0 Å². The zero-order valence-corrected chi connectivity index (χ0v) is 34.9. The molecule has 1 atom stereocenters. The Morgan fingerprint density at radius 3 is 0.891 bits per heavy atom. The van der Waals surface area contributed by atoms with Crippen LogP contribution in [0, 0.1) is 0 Å². The van der Waals surface area contributed by atoms with E-state index in [1.54, 1.807) is 28.4 Å². The number of aliphatic hydroxyl groups excluding tert-OH is 5. The molecular formula is C27H79N3O13Si3. The van der Waals surface area contributed by atoms with Crippen molar-refractivity contribution < 1.29 is 60.9 Å². The van der Waals surface area contributed by atoms with Crippen molar-refractivity contribution in [2.75, 3.05) is 110 Å². The number of hydrogen-bond acceptors (Lipinski definition) is 16. The molecule has 0 rings (SSSR count). The largest absolute Gasteiger partial charge is 0.500 e. The van der Waals surface area contributed by atoms with E-state index in [-0.39, 0.29) is 0 Å². The van der Waals surface area contributed by atoms with Crippen LogP contribution in [-0.2, 0) is 35.4 Å². The second-order valence-corrected chi connectivity index (χ2v) is 17.0. The molecule has 0 bridgehead atoms. The van der Waals surface area contributed by atoms with Crippen molar-refractivity contribution in [3.05, 3.63) is 0 Å². The van der Waals surface area contributed by atoms with E-state index in [1.807, 2.05) is 27.7 Å². The van der Waals surface area contributed by atoms with E-state index in [0.717, 1.165) is 86.1 Å². The van der Waals surface area contributed by atoms with Gasteiger partial charge < -0.3 is 78.1 Å². The van der Waals surface area contributed by atoms with Gasteiger partial charge in [-0.25, -0.2) is 0 Å². The Balaban J connectivity index is -0.0000000691. The maximum Gasteiger partial charge on any atom is 0.500 e. The van der Waals surface area contributed by atoms with Crippen LogP contribution < -0.4 is 17.2 Å². The summed E-state index contributed by atoms with van der Waals surface area (Å²) in [5.41, 5.74) is 16.2. The molecule has 11 N–H and O–H groups in total. The highest BCUT2D eigenvalue weighted by molar-refractivity contribution is 6.66. The zero-order chi connectivity index (χ0) is 38.3. The van der Waals surface area contributed by atoms with E-state index in [0.29, 0.717) is 32.9 Å². The van der Waals surface area contributed by atoms with Gasteiger partial charge in [-0.15, -0.1) is 0 Å². The molecule has 1 unspecified atom stereocenters. The highest BCUT2D eigenvalue weighted by atomic mass is 28.4. The minimum Gasteiger partial charge on any atom is -0.400 e. The van der Waals surface area contributed by atoms with Gasteiger partial charge in [-0.3, -0.25) is 0 Å². The Bertz CT molecular complexity index is 447. The van der Waals surface area contributed by atoms with Gasteiger partial charge in [0.1, 0.15) is 0 Å². The Kier molecular flexibility index (Phi) is 80.3. The van der Waals surface area contributed by atoms with E-state index in [4.69, 9.17) is 78.1 Å². The molecule has 0 aromatic rings. The molecule has 0 fully saturated rings.